The highest BCUT2D eigenvalue weighted by molar-refractivity contribution is 7.98. The third-order valence-electron chi connectivity index (χ3n) is 4.99. The van der Waals surface area contributed by atoms with Crippen molar-refractivity contribution < 1.29 is 17.9 Å². The fourth-order valence-electron chi connectivity index (χ4n) is 3.35. The molecule has 12 heteroatoms. The number of pyridine rings is 2. The predicted octanol–water partition coefficient (Wildman–Crippen LogP) is 4.26. The third-order valence-corrected chi connectivity index (χ3v) is 6.01. The molecule has 1 aromatic carbocycles. The second-order valence-corrected chi connectivity index (χ2v) is 8.11. The molecule has 0 unspecified atom stereocenters. The molecule has 0 fully saturated rings. The summed E-state index contributed by atoms with van der Waals surface area (Å²) in [6.45, 7) is 1.39. The Kier molecular flexibility index (Phi) is 7.04. The van der Waals surface area contributed by atoms with Crippen LogP contribution >= 0.6 is 11.8 Å². The number of rotatable bonds is 5. The van der Waals surface area contributed by atoms with Crippen LogP contribution in [0.2, 0.25) is 0 Å². The van der Waals surface area contributed by atoms with Crippen LogP contribution in [0.15, 0.2) is 34.1 Å². The molecule has 0 saturated heterocycles. The van der Waals surface area contributed by atoms with Crippen molar-refractivity contribution in [3.8, 4) is 35.1 Å². The van der Waals surface area contributed by atoms with Gasteiger partial charge in [0.2, 0.25) is 0 Å². The summed E-state index contributed by atoms with van der Waals surface area (Å²) in [6, 6.07) is 10.9. The minimum atomic E-state index is -4.69. The first-order chi connectivity index (χ1) is 16.5. The minimum Gasteiger partial charge on any atom is -0.496 e. The summed E-state index contributed by atoms with van der Waals surface area (Å²) in [6.07, 6.45) is -4.69. The number of hydrogen-bond acceptors (Lipinski definition) is 8. The Morgan fingerprint density at radius 1 is 1.11 bits per heavy atom. The minimum absolute atomic E-state index is 0.0130. The molecule has 0 aliphatic heterocycles. The molecule has 8 nitrogen and oxygen atoms in total. The highest BCUT2D eigenvalue weighted by Gasteiger charge is 2.34. The van der Waals surface area contributed by atoms with Crippen molar-refractivity contribution in [1.82, 2.24) is 9.97 Å². The van der Waals surface area contributed by atoms with Crippen molar-refractivity contribution in [2.45, 2.75) is 23.9 Å². The first kappa shape index (κ1) is 25.2. The Hall–Kier alpha value is -4.47. The normalized spacial score (nSPS) is 10.8. The number of benzene rings is 1. The van der Waals surface area contributed by atoms with Crippen LogP contribution in [0.3, 0.4) is 0 Å². The number of aryl methyl sites for hydroxylation is 1. The monoisotopic (exact) mass is 496 g/mol. The number of thioether (sulfide) groups is 1. The van der Waals surface area contributed by atoms with Crippen molar-refractivity contribution in [1.29, 1.82) is 15.8 Å². The molecular weight excluding hydrogens is 481 g/mol. The maximum absolute atomic E-state index is 13.2. The maximum atomic E-state index is 13.2. The quantitative estimate of drug-likeness (QED) is 0.497. The van der Waals surface area contributed by atoms with Crippen LogP contribution in [-0.4, -0.2) is 17.1 Å². The van der Waals surface area contributed by atoms with E-state index in [0.717, 1.165) is 17.8 Å². The summed E-state index contributed by atoms with van der Waals surface area (Å²) in [5.41, 5.74) is 4.40. The van der Waals surface area contributed by atoms with Crippen molar-refractivity contribution in [3.05, 3.63) is 68.1 Å². The van der Waals surface area contributed by atoms with Crippen molar-refractivity contribution in [2.24, 2.45) is 0 Å². The van der Waals surface area contributed by atoms with Crippen molar-refractivity contribution in [3.63, 3.8) is 0 Å². The van der Waals surface area contributed by atoms with Gasteiger partial charge < -0.3 is 15.5 Å². The van der Waals surface area contributed by atoms with E-state index >= 15 is 0 Å². The van der Waals surface area contributed by atoms with Gasteiger partial charge in [0, 0.05) is 16.9 Å². The average Bonchev–Trinajstić information content (AvgIpc) is 2.81. The van der Waals surface area contributed by atoms with Gasteiger partial charge in [0.15, 0.2) is 0 Å². The van der Waals surface area contributed by atoms with E-state index in [1.165, 1.54) is 32.2 Å². The molecule has 0 bridgehead atoms. The number of nitrogens with one attached hydrogen (secondary N) is 1. The van der Waals surface area contributed by atoms with E-state index in [-0.39, 0.29) is 44.4 Å². The Morgan fingerprint density at radius 2 is 1.77 bits per heavy atom. The van der Waals surface area contributed by atoms with Gasteiger partial charge in [-0.05, 0) is 36.2 Å². The van der Waals surface area contributed by atoms with E-state index in [9.17, 15) is 33.8 Å². The molecule has 35 heavy (non-hydrogen) atoms. The number of aromatic amines is 1. The number of ether oxygens (including phenoxy) is 1. The molecule has 0 aliphatic carbocycles. The van der Waals surface area contributed by atoms with Gasteiger partial charge in [-0.15, -0.1) is 11.8 Å². The van der Waals surface area contributed by atoms with Crippen LogP contribution in [-0.2, 0) is 11.9 Å². The number of methoxy groups -OCH3 is 1. The standard InChI is InChI=1S/C23H15F3N6O2S/c1-11-5-18(23(24,25)26)31-22(14(11)7-27)35-10-13-6-12(3-4-17(13)34-2)19-15(8-28)20(30)32-21(33)16(19)9-29/h3-6H,10H2,1-2H3,(H3,30,32,33). The molecule has 0 saturated carbocycles. The van der Waals surface area contributed by atoms with Crippen LogP contribution in [0, 0.1) is 40.9 Å². The number of halogens is 3. The summed E-state index contributed by atoms with van der Waals surface area (Å²) in [5, 5.41) is 28.4. The fraction of sp³-hybridized carbons (Fsp3) is 0.174. The molecule has 3 aromatic rings. The molecule has 3 N–H and O–H groups in total. The van der Waals surface area contributed by atoms with Crippen LogP contribution in [0.25, 0.3) is 11.1 Å². The van der Waals surface area contributed by atoms with E-state index in [0.29, 0.717) is 16.9 Å². The first-order valence-electron chi connectivity index (χ1n) is 9.70. The van der Waals surface area contributed by atoms with Gasteiger partial charge in [-0.25, -0.2) is 4.98 Å². The molecule has 2 aromatic heterocycles. The van der Waals surface area contributed by atoms with Gasteiger partial charge in [0.05, 0.1) is 12.7 Å². The van der Waals surface area contributed by atoms with E-state index < -0.39 is 17.4 Å². The molecule has 176 valence electrons. The van der Waals surface area contributed by atoms with Gasteiger partial charge >= 0.3 is 6.18 Å². The summed E-state index contributed by atoms with van der Waals surface area (Å²) in [5.74, 6) is 0.181. The number of nitrogens with two attached hydrogens (primary N) is 1. The average molecular weight is 496 g/mol. The van der Waals surface area contributed by atoms with E-state index in [2.05, 4.69) is 9.97 Å². The Morgan fingerprint density at radius 3 is 2.34 bits per heavy atom. The lowest BCUT2D eigenvalue weighted by Gasteiger charge is -2.14. The molecular formula is C23H15F3N6O2S. The maximum Gasteiger partial charge on any atom is 0.433 e. The summed E-state index contributed by atoms with van der Waals surface area (Å²) >= 11 is 0.893. The lowest BCUT2D eigenvalue weighted by molar-refractivity contribution is -0.141. The van der Waals surface area contributed by atoms with Crippen molar-refractivity contribution >= 4 is 17.6 Å². The van der Waals surface area contributed by atoms with Crippen LogP contribution < -0.4 is 16.0 Å². The van der Waals surface area contributed by atoms with Crippen LogP contribution in [0.5, 0.6) is 5.75 Å². The summed E-state index contributed by atoms with van der Waals surface area (Å²) in [7, 11) is 1.39. The third kappa shape index (κ3) is 4.91. The van der Waals surface area contributed by atoms with Gasteiger partial charge in [-0.1, -0.05) is 6.07 Å². The van der Waals surface area contributed by atoms with Gasteiger partial charge in [0.25, 0.3) is 5.56 Å². The lowest BCUT2D eigenvalue weighted by Crippen LogP contribution is -2.16. The number of anilines is 1. The van der Waals surface area contributed by atoms with E-state index in [4.69, 9.17) is 10.5 Å². The highest BCUT2D eigenvalue weighted by atomic mass is 32.2. The summed E-state index contributed by atoms with van der Waals surface area (Å²) in [4.78, 5) is 18.1. The zero-order valence-corrected chi connectivity index (χ0v) is 19.1. The molecule has 0 atom stereocenters. The number of aromatic nitrogens is 2. The van der Waals surface area contributed by atoms with Gasteiger partial charge in [-0.3, -0.25) is 4.79 Å². The molecule has 0 radical (unpaired) electrons. The SMILES string of the molecule is COc1ccc(-c2c(C#N)c(N)[nH]c(=O)c2C#N)cc1CSc1nc(C(F)(F)F)cc(C)c1C#N. The zero-order chi connectivity index (χ0) is 25.9. The van der Waals surface area contributed by atoms with Crippen molar-refractivity contribution in [2.75, 3.05) is 12.8 Å². The number of nitriles is 3. The number of hydrogen-bond donors (Lipinski definition) is 2. The molecule has 0 spiro atoms. The van der Waals surface area contributed by atoms with Crippen LogP contribution in [0.1, 0.15) is 33.5 Å². The van der Waals surface area contributed by atoms with Crippen LogP contribution in [0.4, 0.5) is 19.0 Å². The predicted molar refractivity (Wildman–Crippen MR) is 121 cm³/mol. The number of H-pyrrole nitrogens is 1. The Labute approximate surface area is 201 Å². The highest BCUT2D eigenvalue weighted by Crippen LogP contribution is 2.37. The smallest absolute Gasteiger partial charge is 0.433 e. The fourth-order valence-corrected chi connectivity index (χ4v) is 4.39. The zero-order valence-electron chi connectivity index (χ0n) is 18.2. The first-order valence-corrected chi connectivity index (χ1v) is 10.7. The molecule has 0 aliphatic rings. The largest absolute Gasteiger partial charge is 0.496 e. The lowest BCUT2D eigenvalue weighted by atomic mass is 9.95. The summed E-state index contributed by atoms with van der Waals surface area (Å²) < 4.78 is 45.1. The second kappa shape index (κ2) is 9.80. The van der Waals surface area contributed by atoms with E-state index in [1.54, 1.807) is 6.07 Å². The Bertz CT molecular complexity index is 1510. The second-order valence-electron chi connectivity index (χ2n) is 7.15. The Balaban J connectivity index is 2.13. The molecule has 3 rings (SSSR count). The van der Waals surface area contributed by atoms with Gasteiger partial charge in [-0.2, -0.15) is 29.0 Å². The number of nitrogen functional groups attached to an aromatic ring is 1. The van der Waals surface area contributed by atoms with Gasteiger partial charge in [0.1, 0.15) is 51.6 Å². The van der Waals surface area contributed by atoms with E-state index in [1.807, 2.05) is 12.1 Å². The number of alkyl halides is 3. The molecule has 0 amide bonds. The number of nitrogens with zero attached hydrogens (tertiary/aromatic N) is 4. The molecule has 2 heterocycles. The topological polar surface area (TPSA) is 152 Å².